The van der Waals surface area contributed by atoms with E-state index in [1.807, 2.05) is 6.07 Å². The molecule has 1 aromatic heterocycles. The predicted octanol–water partition coefficient (Wildman–Crippen LogP) is 10.2. The fourth-order valence-corrected chi connectivity index (χ4v) is 9.69. The van der Waals surface area contributed by atoms with Gasteiger partial charge in [0, 0.05) is 16.3 Å². The van der Waals surface area contributed by atoms with E-state index >= 15 is 0 Å². The second kappa shape index (κ2) is 11.1. The normalized spacial score (nSPS) is 20.1. The van der Waals surface area contributed by atoms with E-state index in [1.165, 1.54) is 44.5 Å². The third-order valence-corrected chi connectivity index (χ3v) is 14.0. The van der Waals surface area contributed by atoms with E-state index in [-0.39, 0.29) is 0 Å². The quantitative estimate of drug-likeness (QED) is 0.166. The lowest BCUT2D eigenvalue weighted by atomic mass is 9.63. The van der Waals surface area contributed by atoms with Gasteiger partial charge in [0.1, 0.15) is 11.2 Å². The van der Waals surface area contributed by atoms with Crippen LogP contribution in [-0.4, -0.2) is 36.6 Å². The minimum atomic E-state index is -0.776. The Hall–Kier alpha value is -4.91. The standard InChI is InChI=1S/C49H44B2O5/c1-45(2)46(3,4)54-50(53-45)29-21-23-33-31-15-9-10-16-32(31)34-24-22-30(51-55-47(5,6)48(7,8)56-51)28-41(34)49(40(33)27-29)38-19-13-11-18-37(38)43-39(49)26-25-36-35-17-12-14-20-42(35)52-44(36)43/h9-28H,1-8H3. The summed E-state index contributed by atoms with van der Waals surface area (Å²) in [7, 11) is -1.07. The molecule has 0 atom stereocenters. The minimum Gasteiger partial charge on any atom is -0.455 e. The molecule has 0 N–H and O–H groups in total. The maximum Gasteiger partial charge on any atom is 0.494 e. The molecular weight excluding hydrogens is 690 g/mol. The van der Waals surface area contributed by atoms with Crippen LogP contribution in [0.4, 0.5) is 0 Å². The van der Waals surface area contributed by atoms with Gasteiger partial charge in [-0.25, -0.2) is 0 Å². The first kappa shape index (κ1) is 34.3. The molecule has 56 heavy (non-hydrogen) atoms. The van der Waals surface area contributed by atoms with Crippen LogP contribution in [0.5, 0.6) is 0 Å². The minimum absolute atomic E-state index is 0.488. The highest BCUT2D eigenvalue weighted by atomic mass is 16.7. The Kier molecular flexibility index (Phi) is 6.83. The lowest BCUT2D eigenvalue weighted by molar-refractivity contribution is 0.00578. The molecule has 0 amide bonds. The zero-order chi connectivity index (χ0) is 38.6. The van der Waals surface area contributed by atoms with Gasteiger partial charge < -0.3 is 23.0 Å². The molecule has 7 aromatic rings. The number of rotatable bonds is 2. The Morgan fingerprint density at radius 2 is 0.875 bits per heavy atom. The second-order valence-corrected chi connectivity index (χ2v) is 18.1. The summed E-state index contributed by atoms with van der Waals surface area (Å²) in [4.78, 5) is 0. The van der Waals surface area contributed by atoms with Crippen molar-refractivity contribution in [1.29, 1.82) is 0 Å². The van der Waals surface area contributed by atoms with Crippen molar-refractivity contribution in [3.63, 3.8) is 0 Å². The van der Waals surface area contributed by atoms with Crippen LogP contribution >= 0.6 is 0 Å². The molecule has 6 aromatic carbocycles. The van der Waals surface area contributed by atoms with Gasteiger partial charge in [0.2, 0.25) is 0 Å². The van der Waals surface area contributed by atoms with Crippen LogP contribution < -0.4 is 10.9 Å². The zero-order valence-electron chi connectivity index (χ0n) is 33.2. The molecule has 2 aliphatic carbocycles. The summed E-state index contributed by atoms with van der Waals surface area (Å²) < 4.78 is 33.9. The summed E-state index contributed by atoms with van der Waals surface area (Å²) in [6.07, 6.45) is 0. The molecule has 0 saturated carbocycles. The first-order valence-corrected chi connectivity index (χ1v) is 19.9. The summed E-state index contributed by atoms with van der Waals surface area (Å²) in [5.41, 5.74) is 12.7. The summed E-state index contributed by atoms with van der Waals surface area (Å²) in [5, 5.41) is 2.23. The topological polar surface area (TPSA) is 50.1 Å². The number of furan rings is 1. The number of hydrogen-bond donors (Lipinski definition) is 0. The smallest absolute Gasteiger partial charge is 0.455 e. The van der Waals surface area contributed by atoms with E-state index in [4.69, 9.17) is 23.0 Å². The van der Waals surface area contributed by atoms with Crippen LogP contribution in [0.2, 0.25) is 0 Å². The molecule has 0 unspecified atom stereocenters. The van der Waals surface area contributed by atoms with E-state index in [0.29, 0.717) is 0 Å². The van der Waals surface area contributed by atoms with Crippen LogP contribution in [0, 0.1) is 0 Å². The van der Waals surface area contributed by atoms with Crippen molar-refractivity contribution < 1.29 is 23.0 Å². The molecule has 7 heteroatoms. The zero-order valence-corrected chi connectivity index (χ0v) is 33.2. The third-order valence-electron chi connectivity index (χ3n) is 14.0. The van der Waals surface area contributed by atoms with Crippen molar-refractivity contribution in [2.24, 2.45) is 0 Å². The van der Waals surface area contributed by atoms with E-state index in [2.05, 4.69) is 171 Å². The van der Waals surface area contributed by atoms with Gasteiger partial charge in [-0.3, -0.25) is 0 Å². The summed E-state index contributed by atoms with van der Waals surface area (Å²) in [5.74, 6) is 0. The van der Waals surface area contributed by atoms with Crippen molar-refractivity contribution >= 4 is 47.1 Å². The predicted molar refractivity (Wildman–Crippen MR) is 227 cm³/mol. The van der Waals surface area contributed by atoms with Gasteiger partial charge in [0.15, 0.2) is 0 Å². The van der Waals surface area contributed by atoms with E-state index in [1.54, 1.807) is 0 Å². The Morgan fingerprint density at radius 3 is 1.43 bits per heavy atom. The third kappa shape index (κ3) is 4.37. The van der Waals surface area contributed by atoms with Crippen LogP contribution in [0.15, 0.2) is 126 Å². The van der Waals surface area contributed by atoms with Gasteiger partial charge in [-0.1, -0.05) is 115 Å². The Labute approximate surface area is 329 Å². The maximum atomic E-state index is 6.88. The average Bonchev–Trinajstić information content (AvgIpc) is 3.81. The van der Waals surface area contributed by atoms with Crippen molar-refractivity contribution in [1.82, 2.24) is 0 Å². The molecule has 11 rings (SSSR count). The van der Waals surface area contributed by atoms with Gasteiger partial charge in [0.25, 0.3) is 0 Å². The Morgan fingerprint density at radius 1 is 0.393 bits per heavy atom. The molecule has 1 spiro atoms. The fourth-order valence-electron chi connectivity index (χ4n) is 9.69. The lowest BCUT2D eigenvalue weighted by Gasteiger charge is -2.36. The number of hydrogen-bond acceptors (Lipinski definition) is 5. The van der Waals surface area contributed by atoms with Crippen molar-refractivity contribution in [2.75, 3.05) is 0 Å². The van der Waals surface area contributed by atoms with Crippen LogP contribution in [0.1, 0.15) is 77.6 Å². The highest BCUT2D eigenvalue weighted by molar-refractivity contribution is 6.62. The highest BCUT2D eigenvalue weighted by Crippen LogP contribution is 2.62. The Bertz CT molecular complexity index is 2670. The van der Waals surface area contributed by atoms with Gasteiger partial charge in [0.05, 0.1) is 27.8 Å². The molecule has 0 radical (unpaired) electrons. The van der Waals surface area contributed by atoms with Gasteiger partial charge in [-0.05, 0) is 122 Å². The van der Waals surface area contributed by atoms with Crippen LogP contribution in [-0.2, 0) is 24.0 Å². The number of fused-ring (bicyclic) bond motifs is 16. The van der Waals surface area contributed by atoms with E-state index < -0.39 is 42.1 Å². The maximum absolute atomic E-state index is 6.88. The Balaban J connectivity index is 1.28. The molecule has 4 aliphatic rings. The van der Waals surface area contributed by atoms with Crippen molar-refractivity contribution in [2.45, 2.75) is 83.2 Å². The second-order valence-electron chi connectivity index (χ2n) is 18.1. The molecule has 2 fully saturated rings. The first-order valence-electron chi connectivity index (χ1n) is 19.9. The number of benzene rings is 6. The fraction of sp³-hybridized carbons (Fsp3) is 0.265. The average molecular weight is 735 g/mol. The van der Waals surface area contributed by atoms with E-state index in [9.17, 15) is 0 Å². The molecule has 2 saturated heterocycles. The van der Waals surface area contributed by atoms with Crippen molar-refractivity contribution in [3.05, 3.63) is 144 Å². The molecule has 5 nitrogen and oxygen atoms in total. The molecule has 2 aliphatic heterocycles. The van der Waals surface area contributed by atoms with Crippen molar-refractivity contribution in [3.8, 4) is 33.4 Å². The van der Waals surface area contributed by atoms with Gasteiger partial charge in [-0.15, -0.1) is 0 Å². The lowest BCUT2D eigenvalue weighted by Crippen LogP contribution is -2.41. The summed E-state index contributed by atoms with van der Waals surface area (Å²) >= 11 is 0. The first-order chi connectivity index (χ1) is 26.7. The SMILES string of the molecule is CC1(C)OB(c2ccc3c(c2)C2(c4cc(B5OC(C)(C)C(C)(C)O5)ccc4-c4ccccc4-3)c3ccccc3-c3c2ccc2c3oc3ccccc32)OC1(C)C. The largest absolute Gasteiger partial charge is 0.494 e. The summed E-state index contributed by atoms with van der Waals surface area (Å²) in [6, 6.07) is 44.4. The molecule has 276 valence electrons. The van der Waals surface area contributed by atoms with Crippen LogP contribution in [0.25, 0.3) is 55.3 Å². The van der Waals surface area contributed by atoms with Gasteiger partial charge in [-0.2, -0.15) is 0 Å². The monoisotopic (exact) mass is 734 g/mol. The molecule has 0 bridgehead atoms. The summed E-state index contributed by atoms with van der Waals surface area (Å²) in [6.45, 7) is 16.9. The molecule has 3 heterocycles. The van der Waals surface area contributed by atoms with Crippen LogP contribution in [0.3, 0.4) is 0 Å². The highest BCUT2D eigenvalue weighted by Gasteiger charge is 2.56. The van der Waals surface area contributed by atoms with E-state index in [0.717, 1.165) is 44.0 Å². The number of para-hydroxylation sites is 1. The van der Waals surface area contributed by atoms with Gasteiger partial charge >= 0.3 is 14.2 Å². The molecular formula is C49H44B2O5.